The van der Waals surface area contributed by atoms with Crippen LogP contribution in [0.2, 0.25) is 18.1 Å². The zero-order valence-corrected chi connectivity index (χ0v) is 93.3. The lowest BCUT2D eigenvalue weighted by atomic mass is 9.80. The fourth-order valence-electron chi connectivity index (χ4n) is 21.1. The molecule has 0 bridgehead atoms. The van der Waals surface area contributed by atoms with E-state index in [1.807, 2.05) is 182 Å². The molecule has 5 heterocycles. The highest BCUT2D eigenvalue weighted by Gasteiger charge is 2.60. The molecule has 1 spiro atoms. The van der Waals surface area contributed by atoms with Crippen molar-refractivity contribution in [3.8, 4) is 0 Å². The number of hydrogen-bond donors (Lipinski definition) is 6. The van der Waals surface area contributed by atoms with E-state index in [1.165, 1.54) is 7.11 Å². The molecule has 6 N–H and O–H groups in total. The van der Waals surface area contributed by atoms with Crippen LogP contribution < -0.4 is 0 Å². The number of aliphatic hydroxyl groups excluding tert-OH is 6. The Morgan fingerprint density at radius 1 is 0.449 bits per heavy atom. The van der Waals surface area contributed by atoms with Gasteiger partial charge in [0.15, 0.2) is 8.32 Å². The molecule has 32 heteroatoms. The van der Waals surface area contributed by atoms with E-state index in [-0.39, 0.29) is 206 Å². The fraction of sp³-hybridized carbons (Fsp3) is 0.840. The molecule has 12 aliphatic rings. The number of esters is 9. The maximum Gasteiger partial charge on any atom is 0.316 e. The van der Waals surface area contributed by atoms with E-state index in [1.54, 1.807) is 0 Å². The minimum Gasteiger partial charge on any atom is -0.512 e. The highest BCUT2D eigenvalue weighted by Crippen LogP contribution is 2.58. The van der Waals surface area contributed by atoms with E-state index in [9.17, 15) is 68.7 Å². The van der Waals surface area contributed by atoms with Gasteiger partial charge in [-0.05, 0) is 301 Å². The van der Waals surface area contributed by atoms with Crippen molar-refractivity contribution in [2.75, 3.05) is 79.8 Å². The van der Waals surface area contributed by atoms with Gasteiger partial charge in [0, 0.05) is 102 Å². The molecule has 9 fully saturated rings. The molecule has 4 saturated carbocycles. The first kappa shape index (κ1) is 122. The Morgan fingerprint density at radius 2 is 0.841 bits per heavy atom. The minimum atomic E-state index is -1.88. The number of cyclic esters (lactones) is 1. The van der Waals surface area contributed by atoms with Crippen molar-refractivity contribution in [1.29, 1.82) is 0 Å². The van der Waals surface area contributed by atoms with Gasteiger partial charge in [0.1, 0.15) is 39.2 Å². The summed E-state index contributed by atoms with van der Waals surface area (Å²) in [5, 5.41) is 57.3. The number of fused-ring (bicyclic) bond motifs is 4. The predicted molar refractivity (Wildman–Crippen MR) is 539 cm³/mol. The molecule has 0 amide bonds. The summed E-state index contributed by atoms with van der Waals surface area (Å²) in [6, 6.07) is 0. The van der Waals surface area contributed by atoms with Crippen LogP contribution in [0.3, 0.4) is 0 Å². The van der Waals surface area contributed by atoms with Gasteiger partial charge in [0.25, 0.3) is 0 Å². The molecule has 792 valence electrons. The van der Waals surface area contributed by atoms with Crippen LogP contribution in [0.5, 0.6) is 0 Å². The molecule has 20 atom stereocenters. The Kier molecular flexibility index (Phi) is 43.6. The molecule has 29 nitrogen and oxygen atoms in total. The van der Waals surface area contributed by atoms with E-state index in [2.05, 4.69) is 79.0 Å². The van der Waals surface area contributed by atoms with Crippen LogP contribution in [0.1, 0.15) is 314 Å². The maximum atomic E-state index is 12.5. The number of carbonyl (C=O) groups excluding carboxylic acids is 9. The van der Waals surface area contributed by atoms with Crippen molar-refractivity contribution in [2.45, 2.75) is 404 Å². The molecule has 7 aliphatic carbocycles. The van der Waals surface area contributed by atoms with Gasteiger partial charge in [-0.25, -0.2) is 0 Å². The lowest BCUT2D eigenvalue weighted by Crippen LogP contribution is -2.42. The number of methoxy groups -OCH3 is 1. The first-order valence-corrected chi connectivity index (χ1v) is 55.1. The van der Waals surface area contributed by atoms with Crippen LogP contribution in [0, 0.1) is 79.3 Å². The van der Waals surface area contributed by atoms with Gasteiger partial charge in [-0.3, -0.25) is 43.2 Å². The Balaban J connectivity index is 0.000000248. The topological polar surface area (TPSA) is 404 Å². The van der Waals surface area contributed by atoms with Crippen molar-refractivity contribution in [3.63, 3.8) is 0 Å². The van der Waals surface area contributed by atoms with Crippen LogP contribution in [-0.2, 0) is 109 Å². The van der Waals surface area contributed by atoms with Gasteiger partial charge < -0.3 is 96.6 Å². The lowest BCUT2D eigenvalue weighted by molar-refractivity contribution is -0.157. The number of alkyl halides is 2. The third-order valence-corrected chi connectivity index (χ3v) is 35.8. The zero-order chi connectivity index (χ0) is 104. The van der Waals surface area contributed by atoms with E-state index >= 15 is 0 Å². The second-order valence-electron chi connectivity index (χ2n) is 49.4. The largest absolute Gasteiger partial charge is 0.512 e. The summed E-state index contributed by atoms with van der Waals surface area (Å²) in [6.07, 6.45) is 26.7. The number of hydrogen-bond acceptors (Lipinski definition) is 29. The summed E-state index contributed by atoms with van der Waals surface area (Å²) in [5.74, 6) is -0.404. The van der Waals surface area contributed by atoms with Crippen molar-refractivity contribution in [1.82, 2.24) is 0 Å². The molecule has 0 unspecified atom stereocenters. The Bertz CT molecular complexity index is 4060. The highest BCUT2D eigenvalue weighted by atomic mass is 127. The monoisotopic (exact) mass is 2150 g/mol. The van der Waals surface area contributed by atoms with Crippen LogP contribution in [0.25, 0.3) is 0 Å². The van der Waals surface area contributed by atoms with Gasteiger partial charge in [-0.15, -0.1) is 0 Å². The Hall–Kier alpha value is -4.98. The third-order valence-electron chi connectivity index (χ3n) is 28.4. The first-order valence-electron chi connectivity index (χ1n) is 50.0. The number of ether oxygens (including phenoxy) is 13. The summed E-state index contributed by atoms with van der Waals surface area (Å²) in [4.78, 5) is 107. The summed E-state index contributed by atoms with van der Waals surface area (Å²) < 4.78 is 76.9. The summed E-state index contributed by atoms with van der Waals surface area (Å²) in [6.45, 7) is 58.2. The molecule has 5 saturated heterocycles. The molecular formula is C106H176BrIO29Si. The van der Waals surface area contributed by atoms with Crippen molar-refractivity contribution in [2.24, 2.45) is 79.3 Å². The fourth-order valence-corrected chi connectivity index (χ4v) is 24.7. The van der Waals surface area contributed by atoms with Crippen LogP contribution in [-0.4, -0.2) is 245 Å². The number of aliphatic hydroxyl groups is 6. The molecule has 0 aromatic rings. The first-order chi connectivity index (χ1) is 63.3. The summed E-state index contributed by atoms with van der Waals surface area (Å²) >= 11 is 6.02. The zero-order valence-electron chi connectivity index (χ0n) is 88.5. The van der Waals surface area contributed by atoms with Gasteiger partial charge in [0.2, 0.25) is 0 Å². The predicted octanol–water partition coefficient (Wildman–Crippen LogP) is 18.2. The van der Waals surface area contributed by atoms with Gasteiger partial charge in [-0.1, -0.05) is 102 Å². The summed E-state index contributed by atoms with van der Waals surface area (Å²) in [7, 11) is -0.465. The van der Waals surface area contributed by atoms with E-state index in [0.717, 1.165) is 83.8 Å². The highest BCUT2D eigenvalue weighted by molar-refractivity contribution is 14.1. The average molecular weight is 2150 g/mol. The molecule has 0 aromatic carbocycles. The molecule has 0 aromatic heterocycles. The Labute approximate surface area is 847 Å². The molecular weight excluding hydrogens is 1970 g/mol. The van der Waals surface area contributed by atoms with Gasteiger partial charge >= 0.3 is 53.7 Å². The van der Waals surface area contributed by atoms with Crippen molar-refractivity contribution >= 4 is 101 Å². The van der Waals surface area contributed by atoms with Crippen molar-refractivity contribution in [3.05, 3.63) is 48.8 Å². The molecule has 5 aliphatic heterocycles. The third kappa shape index (κ3) is 36.3. The number of carbonyl (C=O) groups is 9. The van der Waals surface area contributed by atoms with Crippen LogP contribution >= 0.6 is 38.5 Å². The number of allylic oxidation sites excluding steroid dienone is 3. The van der Waals surface area contributed by atoms with Crippen LogP contribution in [0.15, 0.2) is 48.8 Å². The van der Waals surface area contributed by atoms with Gasteiger partial charge in [0.05, 0.1) is 106 Å². The van der Waals surface area contributed by atoms with Crippen LogP contribution in [0.4, 0.5) is 0 Å². The van der Waals surface area contributed by atoms with Gasteiger partial charge in [-0.2, -0.15) is 0 Å². The standard InChI is InChI=1S/C21H38O5Si.C15H24O4.C14H23BrO4.C14H23IO4.C14H24O4.C14H20O4.C14H24O4/c1-19(2,3)26-17(22)14-16-10-11-21(15-16,18(23)24-7)12-13-25-27(8,9)20(4,5)6;1-10(16)15-5-6-18-12(15)7-11(9-15)8-13(17)19-14(2,3)4;2*1-13(2,3)19-10(17)6-9-7-14(8-16)4-5-18-12(14)11(9)15;1-13(2,3)18-12(16)7-10-6-11-14(8-10,9-15)4-5-17-11;1-13(2,3)18-11(15)8-10-4-5-14(9-10)6-7-17-12(14)16;1-13(2,3)18-12(17)8-11-4-5-14(9-11,10-16)6-7-15/h10-11,16H,12-15H2,1-9H3;11-12,16H,1,5-9H2,2-4H3;2*9,11-12,16H,4-8H2,1-3H3;10-11,15H,4-9H2,1-3H3;4-5,10H,6-9H2,1-3H3;4-5,11,15-16H,6-10H2,1-3H3/t16-,21+;11-,12+,15-;2*9-,11-,12+,14-;10-,11+,14-;10-,14+;11-,14+/m0000000/s1. The maximum absolute atomic E-state index is 12.5. The van der Waals surface area contributed by atoms with E-state index in [0.29, 0.717) is 97.1 Å². The SMILES string of the molecule is C=C(O)[C@@]12CCO[C@@H]1C[C@@H](CC(=O)OC(C)(C)C)C2.CC(C)(C)OC(=O)C[C@@H]1C=C[C@@](CO)(CCO)C1.CC(C)(C)OC(=O)C[C@@H]1C=C[C@@]2(CCOC2=O)C1.CC(C)(C)OC(=O)C[C@@H]1C[C@H]2OCC[C@@]2(CO)C1.CC(C)(C)OC(=O)C[C@H]1C[C@]2(CO)CCO[C@@H]2[C@H]1Br.CC(C)(C)OC(=O)C[C@H]1C[C@]2(CO)CCO[C@@H]2[C@H]1I.COC(=O)[C@@]1(CCO[Si](C)(C)C(C)(C)C)C=C[C@@H](CC(=O)OC(C)(C)C)C1. The molecule has 0 radical (unpaired) electrons. The second-order valence-corrected chi connectivity index (χ2v) is 56.7. The number of rotatable bonds is 26. The van der Waals surface area contributed by atoms with E-state index in [4.69, 9.17) is 71.1 Å². The van der Waals surface area contributed by atoms with E-state index < -0.39 is 58.4 Å². The normalized spacial score (nSPS) is 32.0. The average Bonchev–Trinajstić information content (AvgIpc) is 1.61. The molecule has 138 heavy (non-hydrogen) atoms. The summed E-state index contributed by atoms with van der Waals surface area (Å²) in [5.41, 5.74) is -5.42. The van der Waals surface area contributed by atoms with Crippen molar-refractivity contribution < 1.29 is 140 Å². The second kappa shape index (κ2) is 49.5. The smallest absolute Gasteiger partial charge is 0.316 e. The number of halogens is 2. The lowest BCUT2D eigenvalue weighted by Gasteiger charge is -2.37. The molecule has 12 rings (SSSR count). The quantitative estimate of drug-likeness (QED) is 0.00891. The minimum absolute atomic E-state index is 0.00881. The Morgan fingerprint density at radius 3 is 1.25 bits per heavy atom.